The van der Waals surface area contributed by atoms with Gasteiger partial charge in [-0.1, -0.05) is 0 Å². The highest BCUT2D eigenvalue weighted by Crippen LogP contribution is 2.36. The molecule has 1 amide bonds. The minimum absolute atomic E-state index is 0.0634. The van der Waals surface area contributed by atoms with E-state index in [1.807, 2.05) is 0 Å². The average Bonchev–Trinajstić information content (AvgIpc) is 3.28. The van der Waals surface area contributed by atoms with Crippen molar-refractivity contribution in [3.63, 3.8) is 0 Å². The van der Waals surface area contributed by atoms with Gasteiger partial charge in [-0.2, -0.15) is 0 Å². The molecule has 1 fully saturated rings. The minimum atomic E-state index is -1.43. The second kappa shape index (κ2) is 6.78. The number of fused-ring (bicyclic) bond motifs is 1. The molecular formula is C18H17F4N3OS. The standard InChI is InChI=1S/C18H17F4N3OS/c19-10-4-11(20)17(22)15(16(10)21)9-3-13-12(24-18(27)25(13)7-9)5-14(26)23-6-8-1-2-8/h4,8-9H,1-3,5-7H2,(H,23,26)(H,24,27). The zero-order valence-corrected chi connectivity index (χ0v) is 15.1. The summed E-state index contributed by atoms with van der Waals surface area (Å²) >= 11 is 5.23. The summed E-state index contributed by atoms with van der Waals surface area (Å²) in [6.07, 6.45) is 2.43. The van der Waals surface area contributed by atoms with Crippen molar-refractivity contribution in [2.75, 3.05) is 6.54 Å². The number of benzene rings is 1. The Morgan fingerprint density at radius 1 is 1.22 bits per heavy atom. The number of nitrogens with one attached hydrogen (secondary N) is 2. The normalized spacial score (nSPS) is 18.6. The van der Waals surface area contributed by atoms with Gasteiger partial charge in [0, 0.05) is 42.0 Å². The molecule has 1 aromatic heterocycles. The Morgan fingerprint density at radius 2 is 1.89 bits per heavy atom. The molecule has 1 aliphatic carbocycles. The van der Waals surface area contributed by atoms with Crippen LogP contribution in [0.25, 0.3) is 0 Å². The van der Waals surface area contributed by atoms with Gasteiger partial charge in [0.2, 0.25) is 5.91 Å². The summed E-state index contributed by atoms with van der Waals surface area (Å²) in [6, 6.07) is 0.200. The van der Waals surface area contributed by atoms with Gasteiger partial charge in [0.15, 0.2) is 28.0 Å². The molecule has 9 heteroatoms. The Hall–Kier alpha value is -2.16. The van der Waals surface area contributed by atoms with Crippen LogP contribution in [0.3, 0.4) is 0 Å². The molecule has 2 aliphatic rings. The zero-order chi connectivity index (χ0) is 19.3. The van der Waals surface area contributed by atoms with Crippen molar-refractivity contribution in [1.29, 1.82) is 0 Å². The van der Waals surface area contributed by atoms with E-state index < -0.39 is 34.8 Å². The van der Waals surface area contributed by atoms with E-state index in [1.54, 1.807) is 4.57 Å². The van der Waals surface area contributed by atoms with Crippen LogP contribution in [0, 0.1) is 34.0 Å². The fourth-order valence-electron chi connectivity index (χ4n) is 3.59. The average molecular weight is 399 g/mol. The molecule has 0 saturated heterocycles. The van der Waals surface area contributed by atoms with Crippen LogP contribution in [0.15, 0.2) is 6.07 Å². The van der Waals surface area contributed by atoms with Crippen molar-refractivity contribution >= 4 is 18.1 Å². The first-order chi connectivity index (χ1) is 12.8. The Bertz CT molecular complexity index is 954. The summed E-state index contributed by atoms with van der Waals surface area (Å²) in [4.78, 5) is 15.1. The van der Waals surface area contributed by atoms with Gasteiger partial charge in [-0.05, 0) is 37.4 Å². The fourth-order valence-corrected chi connectivity index (χ4v) is 3.90. The maximum Gasteiger partial charge on any atom is 0.226 e. The highest BCUT2D eigenvalue weighted by atomic mass is 32.1. The van der Waals surface area contributed by atoms with Crippen molar-refractivity contribution in [2.24, 2.45) is 5.92 Å². The molecule has 27 heavy (non-hydrogen) atoms. The summed E-state index contributed by atoms with van der Waals surface area (Å²) in [5.41, 5.74) is 0.582. The van der Waals surface area contributed by atoms with Crippen LogP contribution in [0.4, 0.5) is 17.6 Å². The molecule has 4 nitrogen and oxygen atoms in total. The smallest absolute Gasteiger partial charge is 0.226 e. The van der Waals surface area contributed by atoms with E-state index in [1.165, 1.54) is 0 Å². The highest BCUT2D eigenvalue weighted by Gasteiger charge is 2.33. The molecule has 1 atom stereocenters. The summed E-state index contributed by atoms with van der Waals surface area (Å²) in [5.74, 6) is -6.04. The van der Waals surface area contributed by atoms with E-state index >= 15 is 0 Å². The predicted octanol–water partition coefficient (Wildman–Crippen LogP) is 3.51. The van der Waals surface area contributed by atoms with Gasteiger partial charge in [0.1, 0.15) is 0 Å². The van der Waals surface area contributed by atoms with Gasteiger partial charge in [-0.3, -0.25) is 4.79 Å². The van der Waals surface area contributed by atoms with Crippen LogP contribution in [-0.2, 0) is 24.2 Å². The van der Waals surface area contributed by atoms with Crippen molar-refractivity contribution in [1.82, 2.24) is 14.9 Å². The van der Waals surface area contributed by atoms with E-state index in [0.717, 1.165) is 12.8 Å². The van der Waals surface area contributed by atoms with Crippen molar-refractivity contribution in [3.8, 4) is 0 Å². The van der Waals surface area contributed by atoms with Crippen LogP contribution < -0.4 is 5.32 Å². The van der Waals surface area contributed by atoms with Crippen molar-refractivity contribution in [2.45, 2.75) is 38.1 Å². The summed E-state index contributed by atoms with van der Waals surface area (Å²) < 4.78 is 57.3. The number of halogens is 4. The molecule has 2 N–H and O–H groups in total. The molecule has 1 aliphatic heterocycles. The molecule has 1 aromatic carbocycles. The largest absolute Gasteiger partial charge is 0.355 e. The lowest BCUT2D eigenvalue weighted by molar-refractivity contribution is -0.120. The van der Waals surface area contributed by atoms with Crippen LogP contribution in [0.2, 0.25) is 0 Å². The third-order valence-electron chi connectivity index (χ3n) is 5.20. The summed E-state index contributed by atoms with van der Waals surface area (Å²) in [6.45, 7) is 0.725. The fraction of sp³-hybridized carbons (Fsp3) is 0.444. The summed E-state index contributed by atoms with van der Waals surface area (Å²) in [7, 11) is 0. The lowest BCUT2D eigenvalue weighted by Crippen LogP contribution is -2.27. The van der Waals surface area contributed by atoms with E-state index in [-0.39, 0.29) is 31.4 Å². The predicted molar refractivity (Wildman–Crippen MR) is 91.8 cm³/mol. The number of carbonyl (C=O) groups excluding carboxylic acids is 1. The number of H-pyrrole nitrogens is 1. The minimum Gasteiger partial charge on any atom is -0.355 e. The van der Waals surface area contributed by atoms with E-state index in [0.29, 0.717) is 28.6 Å². The van der Waals surface area contributed by atoms with Gasteiger partial charge < -0.3 is 14.9 Å². The third-order valence-corrected chi connectivity index (χ3v) is 5.52. The topological polar surface area (TPSA) is 49.8 Å². The zero-order valence-electron chi connectivity index (χ0n) is 14.3. The van der Waals surface area contributed by atoms with Crippen LogP contribution >= 0.6 is 12.2 Å². The number of nitrogens with zero attached hydrogens (tertiary/aromatic N) is 1. The number of imidazole rings is 1. The Kier molecular flexibility index (Phi) is 4.57. The van der Waals surface area contributed by atoms with Gasteiger partial charge in [0.05, 0.1) is 6.42 Å². The van der Waals surface area contributed by atoms with Gasteiger partial charge in [-0.15, -0.1) is 0 Å². The van der Waals surface area contributed by atoms with Crippen molar-refractivity contribution in [3.05, 3.63) is 51.1 Å². The van der Waals surface area contributed by atoms with E-state index in [4.69, 9.17) is 12.2 Å². The first kappa shape index (κ1) is 18.2. The molecule has 4 rings (SSSR count). The number of aromatic nitrogens is 2. The molecule has 0 bridgehead atoms. The third kappa shape index (κ3) is 3.40. The molecular weight excluding hydrogens is 382 g/mol. The Balaban J connectivity index is 1.57. The number of hydrogen-bond acceptors (Lipinski definition) is 2. The number of amides is 1. The molecule has 1 saturated carbocycles. The molecule has 0 radical (unpaired) electrons. The van der Waals surface area contributed by atoms with E-state index in [2.05, 4.69) is 10.3 Å². The first-order valence-electron chi connectivity index (χ1n) is 8.75. The van der Waals surface area contributed by atoms with Gasteiger partial charge in [-0.25, -0.2) is 17.6 Å². The lowest BCUT2D eigenvalue weighted by atomic mass is 9.94. The molecule has 144 valence electrons. The lowest BCUT2D eigenvalue weighted by Gasteiger charge is -2.13. The second-order valence-electron chi connectivity index (χ2n) is 7.17. The van der Waals surface area contributed by atoms with Crippen LogP contribution in [-0.4, -0.2) is 22.0 Å². The Labute approximate surface area is 157 Å². The molecule has 0 spiro atoms. The Morgan fingerprint density at radius 3 is 2.52 bits per heavy atom. The number of carbonyl (C=O) groups is 1. The van der Waals surface area contributed by atoms with Gasteiger partial charge >= 0.3 is 0 Å². The van der Waals surface area contributed by atoms with Crippen LogP contribution in [0.1, 0.15) is 35.7 Å². The summed E-state index contributed by atoms with van der Waals surface area (Å²) in [5, 5.41) is 2.85. The van der Waals surface area contributed by atoms with Gasteiger partial charge in [0.25, 0.3) is 0 Å². The maximum absolute atomic E-state index is 14.1. The maximum atomic E-state index is 14.1. The monoisotopic (exact) mass is 399 g/mol. The second-order valence-corrected chi connectivity index (χ2v) is 7.56. The van der Waals surface area contributed by atoms with E-state index in [9.17, 15) is 22.4 Å². The van der Waals surface area contributed by atoms with Crippen molar-refractivity contribution < 1.29 is 22.4 Å². The molecule has 2 heterocycles. The number of aromatic amines is 1. The molecule has 1 unspecified atom stereocenters. The number of hydrogen-bond donors (Lipinski definition) is 2. The quantitative estimate of drug-likeness (QED) is 0.459. The highest BCUT2D eigenvalue weighted by molar-refractivity contribution is 7.71. The number of rotatable bonds is 5. The molecule has 2 aromatic rings. The first-order valence-corrected chi connectivity index (χ1v) is 9.16. The SMILES string of the molecule is O=C(Cc1[nH]c(=S)n2c1CC(c1c(F)c(F)cc(F)c1F)C2)NCC1CC1. The van der Waals surface area contributed by atoms with Crippen LogP contribution in [0.5, 0.6) is 0 Å².